The second kappa shape index (κ2) is 4.35. The van der Waals surface area contributed by atoms with Crippen molar-refractivity contribution in [2.45, 2.75) is 10.1 Å². The Labute approximate surface area is 84.9 Å². The van der Waals surface area contributed by atoms with Gasteiger partial charge in [-0.1, -0.05) is 0 Å². The maximum atomic E-state index is 8.85. The van der Waals surface area contributed by atoms with Gasteiger partial charge >= 0.3 is 0 Å². The van der Waals surface area contributed by atoms with Crippen LogP contribution in [0.25, 0.3) is 0 Å². The normalized spacial score (nSPS) is 9.62. The van der Waals surface area contributed by atoms with Gasteiger partial charge in [0.05, 0.1) is 0 Å². The Kier molecular flexibility index (Phi) is 3.39. The van der Waals surface area contributed by atoms with Crippen LogP contribution in [0.2, 0.25) is 0 Å². The first-order valence-electron chi connectivity index (χ1n) is 3.38. The van der Waals surface area contributed by atoms with Crippen molar-refractivity contribution in [2.24, 2.45) is 0 Å². The SMILES string of the molecule is CSc1nc(N)nc(SC)c1C#N. The van der Waals surface area contributed by atoms with Crippen LogP contribution in [-0.4, -0.2) is 22.5 Å². The minimum absolute atomic E-state index is 0.215. The molecule has 13 heavy (non-hydrogen) atoms. The van der Waals surface area contributed by atoms with Crippen LogP contribution in [0.5, 0.6) is 0 Å². The molecule has 68 valence electrons. The van der Waals surface area contributed by atoms with Gasteiger partial charge in [-0.3, -0.25) is 0 Å². The average molecular weight is 212 g/mol. The number of anilines is 1. The second-order valence-corrected chi connectivity index (χ2v) is 3.68. The fourth-order valence-electron chi connectivity index (χ4n) is 0.827. The quantitative estimate of drug-likeness (QED) is 0.589. The molecule has 6 heteroatoms. The van der Waals surface area contributed by atoms with Crippen LogP contribution in [0, 0.1) is 11.3 Å². The number of nitrogen functional groups attached to an aromatic ring is 1. The van der Waals surface area contributed by atoms with Crippen molar-refractivity contribution < 1.29 is 0 Å². The van der Waals surface area contributed by atoms with E-state index in [2.05, 4.69) is 16.0 Å². The van der Waals surface area contributed by atoms with Crippen molar-refractivity contribution in [3.05, 3.63) is 5.56 Å². The van der Waals surface area contributed by atoms with Crippen molar-refractivity contribution in [1.29, 1.82) is 5.26 Å². The molecule has 0 aliphatic rings. The third-order valence-corrected chi connectivity index (χ3v) is 2.72. The van der Waals surface area contributed by atoms with E-state index >= 15 is 0 Å². The molecule has 0 radical (unpaired) electrons. The molecule has 0 saturated heterocycles. The summed E-state index contributed by atoms with van der Waals surface area (Å²) >= 11 is 2.79. The van der Waals surface area contributed by atoms with Gasteiger partial charge in [-0.05, 0) is 12.5 Å². The van der Waals surface area contributed by atoms with Gasteiger partial charge < -0.3 is 5.73 Å². The summed E-state index contributed by atoms with van der Waals surface area (Å²) in [5.41, 5.74) is 5.98. The highest BCUT2D eigenvalue weighted by atomic mass is 32.2. The highest BCUT2D eigenvalue weighted by Gasteiger charge is 2.11. The van der Waals surface area contributed by atoms with E-state index in [4.69, 9.17) is 11.0 Å². The maximum absolute atomic E-state index is 8.85. The first kappa shape index (κ1) is 10.2. The number of nitrogens with zero attached hydrogens (tertiary/aromatic N) is 3. The molecule has 0 aliphatic carbocycles. The zero-order valence-electron chi connectivity index (χ0n) is 7.24. The van der Waals surface area contributed by atoms with Gasteiger partial charge in [-0.25, -0.2) is 9.97 Å². The third-order valence-electron chi connectivity index (χ3n) is 1.36. The number of aromatic nitrogens is 2. The molecule has 0 amide bonds. The standard InChI is InChI=1S/C7H8N4S2/c1-12-5-4(3-8)6(13-2)11-7(9)10-5/h1-2H3,(H2,9,10,11). The van der Waals surface area contributed by atoms with Crippen LogP contribution in [0.1, 0.15) is 5.56 Å². The minimum Gasteiger partial charge on any atom is -0.368 e. The van der Waals surface area contributed by atoms with Crippen molar-refractivity contribution in [3.63, 3.8) is 0 Å². The van der Waals surface area contributed by atoms with Crippen LogP contribution in [-0.2, 0) is 0 Å². The minimum atomic E-state index is 0.215. The molecule has 0 aliphatic heterocycles. The van der Waals surface area contributed by atoms with E-state index in [0.29, 0.717) is 15.6 Å². The van der Waals surface area contributed by atoms with E-state index < -0.39 is 0 Å². The molecule has 0 spiro atoms. The molecule has 0 fully saturated rings. The smallest absolute Gasteiger partial charge is 0.222 e. The number of rotatable bonds is 2. The second-order valence-electron chi connectivity index (χ2n) is 2.09. The Balaban J connectivity index is 3.36. The van der Waals surface area contributed by atoms with E-state index in [0.717, 1.165) is 0 Å². The number of hydrogen-bond acceptors (Lipinski definition) is 6. The van der Waals surface area contributed by atoms with Crippen molar-refractivity contribution >= 4 is 29.5 Å². The lowest BCUT2D eigenvalue weighted by Crippen LogP contribution is -2.00. The Hall–Kier alpha value is -0.930. The summed E-state index contributed by atoms with van der Waals surface area (Å²) in [5.74, 6) is 0.215. The number of nitriles is 1. The average Bonchev–Trinajstić information content (AvgIpc) is 2.16. The number of thioether (sulfide) groups is 2. The Morgan fingerprint density at radius 2 is 1.69 bits per heavy atom. The van der Waals surface area contributed by atoms with Gasteiger partial charge in [-0.15, -0.1) is 23.5 Å². The molecule has 0 unspecified atom stereocenters. The molecule has 1 aromatic heterocycles. The Morgan fingerprint density at radius 3 is 2.00 bits per heavy atom. The molecule has 0 saturated carbocycles. The molecule has 1 aromatic rings. The Bertz CT molecular complexity index is 333. The predicted octanol–water partition coefficient (Wildman–Crippen LogP) is 1.37. The molecular formula is C7H8N4S2. The van der Waals surface area contributed by atoms with Crippen LogP contribution in [0.4, 0.5) is 5.95 Å². The topological polar surface area (TPSA) is 75.6 Å². The van der Waals surface area contributed by atoms with Crippen molar-refractivity contribution in [3.8, 4) is 6.07 Å². The summed E-state index contributed by atoms with van der Waals surface area (Å²) in [4.78, 5) is 7.93. The molecular weight excluding hydrogens is 204 g/mol. The largest absolute Gasteiger partial charge is 0.368 e. The summed E-state index contributed by atoms with van der Waals surface area (Å²) < 4.78 is 0. The highest BCUT2D eigenvalue weighted by Crippen LogP contribution is 2.25. The first-order valence-corrected chi connectivity index (χ1v) is 5.83. The van der Waals surface area contributed by atoms with Crippen LogP contribution >= 0.6 is 23.5 Å². The van der Waals surface area contributed by atoms with Crippen LogP contribution < -0.4 is 5.73 Å². The summed E-state index contributed by atoms with van der Waals surface area (Å²) in [7, 11) is 0. The maximum Gasteiger partial charge on any atom is 0.222 e. The summed E-state index contributed by atoms with van der Waals surface area (Å²) in [6, 6.07) is 2.07. The van der Waals surface area contributed by atoms with E-state index in [1.165, 1.54) is 23.5 Å². The zero-order chi connectivity index (χ0) is 9.84. The summed E-state index contributed by atoms with van der Waals surface area (Å²) in [6.07, 6.45) is 3.71. The lowest BCUT2D eigenvalue weighted by molar-refractivity contribution is 0.963. The molecule has 1 heterocycles. The van der Waals surface area contributed by atoms with Gasteiger partial charge in [0.15, 0.2) is 0 Å². The lowest BCUT2D eigenvalue weighted by Gasteiger charge is -2.04. The van der Waals surface area contributed by atoms with Gasteiger partial charge in [0.1, 0.15) is 21.7 Å². The number of nitrogens with two attached hydrogens (primary N) is 1. The zero-order valence-corrected chi connectivity index (χ0v) is 8.87. The van der Waals surface area contributed by atoms with E-state index in [1.54, 1.807) is 0 Å². The lowest BCUT2D eigenvalue weighted by atomic mass is 10.4. The van der Waals surface area contributed by atoms with Crippen LogP contribution in [0.15, 0.2) is 10.1 Å². The van der Waals surface area contributed by atoms with Gasteiger partial charge in [0.2, 0.25) is 5.95 Å². The van der Waals surface area contributed by atoms with E-state index in [1.807, 2.05) is 12.5 Å². The molecule has 4 nitrogen and oxygen atoms in total. The fraction of sp³-hybridized carbons (Fsp3) is 0.286. The third kappa shape index (κ3) is 2.05. The number of hydrogen-bond donors (Lipinski definition) is 1. The Morgan fingerprint density at radius 1 is 1.23 bits per heavy atom. The predicted molar refractivity (Wildman–Crippen MR) is 54.7 cm³/mol. The molecule has 0 atom stereocenters. The fourth-order valence-corrected chi connectivity index (χ4v) is 1.95. The van der Waals surface area contributed by atoms with Crippen LogP contribution in [0.3, 0.4) is 0 Å². The van der Waals surface area contributed by atoms with Crippen molar-refractivity contribution in [2.75, 3.05) is 18.2 Å². The molecule has 0 aromatic carbocycles. The summed E-state index contributed by atoms with van der Waals surface area (Å²) in [6.45, 7) is 0. The molecule has 2 N–H and O–H groups in total. The molecule has 0 bridgehead atoms. The molecule has 1 rings (SSSR count). The monoisotopic (exact) mass is 212 g/mol. The summed E-state index contributed by atoms with van der Waals surface area (Å²) in [5, 5.41) is 10.1. The van der Waals surface area contributed by atoms with E-state index in [-0.39, 0.29) is 5.95 Å². The highest BCUT2D eigenvalue weighted by molar-refractivity contribution is 7.99. The van der Waals surface area contributed by atoms with Gasteiger partial charge in [0, 0.05) is 0 Å². The van der Waals surface area contributed by atoms with E-state index in [9.17, 15) is 0 Å². The van der Waals surface area contributed by atoms with Gasteiger partial charge in [0.25, 0.3) is 0 Å². The van der Waals surface area contributed by atoms with Crippen molar-refractivity contribution in [1.82, 2.24) is 9.97 Å². The first-order chi connectivity index (χ1) is 6.22. The van der Waals surface area contributed by atoms with Gasteiger partial charge in [-0.2, -0.15) is 5.26 Å².